The van der Waals surface area contributed by atoms with Crippen molar-refractivity contribution in [2.24, 2.45) is 0 Å². The van der Waals surface area contributed by atoms with Crippen molar-refractivity contribution in [3.63, 3.8) is 0 Å². The van der Waals surface area contributed by atoms with E-state index in [9.17, 15) is 9.59 Å². The summed E-state index contributed by atoms with van der Waals surface area (Å²) in [6.07, 6.45) is -1.16. The van der Waals surface area contributed by atoms with Crippen molar-refractivity contribution in [3.05, 3.63) is 34.9 Å². The first kappa shape index (κ1) is 11.5. The van der Waals surface area contributed by atoms with Crippen molar-refractivity contribution < 1.29 is 19.4 Å². The maximum Gasteiger partial charge on any atom is 0.344 e. The topological polar surface area (TPSA) is 63.6 Å². The van der Waals surface area contributed by atoms with Gasteiger partial charge in [-0.3, -0.25) is 0 Å². The number of carbonyl (C=O) groups excluding carboxylic acids is 1. The molecule has 0 heterocycles. The van der Waals surface area contributed by atoms with Gasteiger partial charge in [-0.05, 0) is 31.2 Å². The molecule has 1 aromatic rings. The number of benzene rings is 1. The van der Waals surface area contributed by atoms with Crippen LogP contribution >= 0.6 is 11.6 Å². The zero-order valence-corrected chi connectivity index (χ0v) is 8.69. The van der Waals surface area contributed by atoms with Crippen molar-refractivity contribution in [1.82, 2.24) is 0 Å². The second-order valence-corrected chi connectivity index (χ2v) is 3.33. The van der Waals surface area contributed by atoms with Crippen LogP contribution in [0.15, 0.2) is 24.3 Å². The molecule has 1 atom stereocenters. The van der Waals surface area contributed by atoms with Crippen LogP contribution in [-0.2, 0) is 9.53 Å². The molecule has 0 aliphatic rings. The van der Waals surface area contributed by atoms with Crippen molar-refractivity contribution in [2.75, 3.05) is 0 Å². The fraction of sp³-hybridized carbons (Fsp3) is 0.200. The Hall–Kier alpha value is -1.55. The van der Waals surface area contributed by atoms with Crippen LogP contribution in [-0.4, -0.2) is 23.1 Å². The third kappa shape index (κ3) is 3.25. The molecule has 4 nitrogen and oxygen atoms in total. The molecule has 0 fully saturated rings. The van der Waals surface area contributed by atoms with Crippen LogP contribution in [0, 0.1) is 0 Å². The number of ether oxygens (including phenoxy) is 1. The highest BCUT2D eigenvalue weighted by molar-refractivity contribution is 6.30. The predicted octanol–water partition coefficient (Wildman–Crippen LogP) is 1.97. The van der Waals surface area contributed by atoms with Gasteiger partial charge in [-0.15, -0.1) is 0 Å². The lowest BCUT2D eigenvalue weighted by atomic mass is 10.2. The second-order valence-electron chi connectivity index (χ2n) is 2.89. The highest BCUT2D eigenvalue weighted by atomic mass is 35.5. The monoisotopic (exact) mass is 228 g/mol. The van der Waals surface area contributed by atoms with Crippen LogP contribution in [0.2, 0.25) is 5.02 Å². The number of esters is 1. The summed E-state index contributed by atoms with van der Waals surface area (Å²) in [6.45, 7) is 1.29. The van der Waals surface area contributed by atoms with Crippen molar-refractivity contribution in [3.8, 4) is 0 Å². The van der Waals surface area contributed by atoms with E-state index in [2.05, 4.69) is 4.74 Å². The normalized spacial score (nSPS) is 11.9. The Morgan fingerprint density at radius 1 is 1.33 bits per heavy atom. The zero-order valence-electron chi connectivity index (χ0n) is 7.94. The first-order chi connectivity index (χ1) is 7.00. The molecule has 0 aromatic heterocycles. The van der Waals surface area contributed by atoms with E-state index in [-0.39, 0.29) is 5.56 Å². The highest BCUT2D eigenvalue weighted by Gasteiger charge is 2.17. The summed E-state index contributed by atoms with van der Waals surface area (Å²) in [5, 5.41) is 9.02. The van der Waals surface area contributed by atoms with Gasteiger partial charge in [0.1, 0.15) is 0 Å². The van der Waals surface area contributed by atoms with E-state index in [4.69, 9.17) is 16.7 Å². The summed E-state index contributed by atoms with van der Waals surface area (Å²) in [5.41, 5.74) is 0.271. The molecule has 0 bridgehead atoms. The Bertz CT molecular complexity index is 372. The van der Waals surface area contributed by atoms with Gasteiger partial charge in [0.25, 0.3) is 0 Å². The maximum atomic E-state index is 11.3. The molecule has 0 unspecified atom stereocenters. The molecule has 15 heavy (non-hydrogen) atoms. The maximum absolute atomic E-state index is 11.3. The van der Waals surface area contributed by atoms with E-state index in [1.54, 1.807) is 0 Å². The summed E-state index contributed by atoms with van der Waals surface area (Å²) < 4.78 is 4.66. The van der Waals surface area contributed by atoms with Gasteiger partial charge >= 0.3 is 11.9 Å². The molecule has 0 radical (unpaired) electrons. The number of carboxylic acids is 1. The lowest BCUT2D eigenvalue weighted by molar-refractivity contribution is -0.146. The van der Waals surface area contributed by atoms with E-state index in [1.807, 2.05) is 0 Å². The van der Waals surface area contributed by atoms with E-state index in [0.29, 0.717) is 5.02 Å². The van der Waals surface area contributed by atoms with E-state index < -0.39 is 18.0 Å². The average molecular weight is 229 g/mol. The molecule has 1 rings (SSSR count). The molecule has 0 saturated heterocycles. The Morgan fingerprint density at radius 3 is 2.33 bits per heavy atom. The van der Waals surface area contributed by atoms with Crippen LogP contribution in [0.5, 0.6) is 0 Å². The van der Waals surface area contributed by atoms with Crippen molar-refractivity contribution in [2.45, 2.75) is 13.0 Å². The van der Waals surface area contributed by atoms with Gasteiger partial charge in [-0.2, -0.15) is 0 Å². The van der Waals surface area contributed by atoms with E-state index in [0.717, 1.165) is 0 Å². The van der Waals surface area contributed by atoms with Crippen LogP contribution in [0.3, 0.4) is 0 Å². The van der Waals surface area contributed by atoms with Gasteiger partial charge in [0.2, 0.25) is 0 Å². The third-order valence-electron chi connectivity index (χ3n) is 1.71. The number of hydrogen-bond donors (Lipinski definition) is 1. The van der Waals surface area contributed by atoms with Gasteiger partial charge in [0.15, 0.2) is 6.10 Å². The Labute approximate surface area is 91.4 Å². The van der Waals surface area contributed by atoms with Crippen LogP contribution in [0.25, 0.3) is 0 Å². The Kier molecular flexibility index (Phi) is 3.68. The summed E-state index contributed by atoms with van der Waals surface area (Å²) >= 11 is 5.63. The lowest BCUT2D eigenvalue weighted by Gasteiger charge is -2.08. The fourth-order valence-corrected chi connectivity index (χ4v) is 0.991. The number of aliphatic carboxylic acids is 1. The minimum Gasteiger partial charge on any atom is -0.479 e. The lowest BCUT2D eigenvalue weighted by Crippen LogP contribution is -2.23. The Morgan fingerprint density at radius 2 is 1.87 bits per heavy atom. The molecule has 80 valence electrons. The first-order valence-electron chi connectivity index (χ1n) is 4.20. The molecular weight excluding hydrogens is 220 g/mol. The second kappa shape index (κ2) is 4.79. The number of halogens is 1. The highest BCUT2D eigenvalue weighted by Crippen LogP contribution is 2.11. The van der Waals surface area contributed by atoms with Gasteiger partial charge in [0, 0.05) is 5.02 Å². The quantitative estimate of drug-likeness (QED) is 0.804. The molecule has 5 heteroatoms. The Balaban J connectivity index is 2.69. The van der Waals surface area contributed by atoms with E-state index in [1.165, 1.54) is 31.2 Å². The predicted molar refractivity (Wildman–Crippen MR) is 54.0 cm³/mol. The molecule has 1 N–H and O–H groups in total. The van der Waals surface area contributed by atoms with Crippen LogP contribution < -0.4 is 0 Å². The largest absolute Gasteiger partial charge is 0.479 e. The summed E-state index contributed by atoms with van der Waals surface area (Å²) in [6, 6.07) is 6.01. The van der Waals surface area contributed by atoms with Crippen molar-refractivity contribution in [1.29, 1.82) is 0 Å². The molecule has 1 aromatic carbocycles. The number of rotatable bonds is 3. The average Bonchev–Trinajstić information content (AvgIpc) is 2.18. The standard InChI is InChI=1S/C10H9ClO4/c1-6(9(12)13)15-10(14)7-2-4-8(11)5-3-7/h2-6H,1H3,(H,12,13)/t6-/m0/s1. The van der Waals surface area contributed by atoms with Gasteiger partial charge in [0.05, 0.1) is 5.56 Å². The molecule has 0 amide bonds. The summed E-state index contributed by atoms with van der Waals surface area (Å²) in [5.74, 6) is -1.86. The molecule has 0 saturated carbocycles. The zero-order chi connectivity index (χ0) is 11.4. The molecule has 0 spiro atoms. The molecular formula is C10H9ClO4. The van der Waals surface area contributed by atoms with Gasteiger partial charge in [-0.25, -0.2) is 9.59 Å². The fourth-order valence-electron chi connectivity index (χ4n) is 0.865. The third-order valence-corrected chi connectivity index (χ3v) is 1.96. The number of carbonyl (C=O) groups is 2. The molecule has 0 aliphatic heterocycles. The summed E-state index contributed by atoms with van der Waals surface area (Å²) in [7, 11) is 0. The minimum absolute atomic E-state index is 0.271. The van der Waals surface area contributed by atoms with Crippen molar-refractivity contribution >= 4 is 23.5 Å². The van der Waals surface area contributed by atoms with E-state index >= 15 is 0 Å². The number of hydrogen-bond acceptors (Lipinski definition) is 3. The SMILES string of the molecule is C[C@H](OC(=O)c1ccc(Cl)cc1)C(=O)O. The summed E-state index contributed by atoms with van der Waals surface area (Å²) in [4.78, 5) is 21.8. The van der Waals surface area contributed by atoms with Crippen LogP contribution in [0.1, 0.15) is 17.3 Å². The van der Waals surface area contributed by atoms with Gasteiger partial charge in [-0.1, -0.05) is 11.6 Å². The van der Waals surface area contributed by atoms with Crippen LogP contribution in [0.4, 0.5) is 0 Å². The molecule has 0 aliphatic carbocycles. The minimum atomic E-state index is -1.18. The van der Waals surface area contributed by atoms with Gasteiger partial charge < -0.3 is 9.84 Å². The number of carboxylic acid groups (broad SMARTS) is 1. The smallest absolute Gasteiger partial charge is 0.344 e. The first-order valence-corrected chi connectivity index (χ1v) is 4.58.